The van der Waals surface area contributed by atoms with Crippen molar-refractivity contribution in [1.82, 2.24) is 9.27 Å². The minimum Gasteiger partial charge on any atom is -0.345 e. The SMILES string of the molecule is CN(C(=O)c1c(Nc2ccccc2C(F)(F)F)s[nH]c1=O)C1CCCCC1. The fraction of sp³-hybridized carbons (Fsp3) is 0.444. The number of rotatable bonds is 4. The van der Waals surface area contributed by atoms with Crippen molar-refractivity contribution in [2.75, 3.05) is 12.4 Å². The lowest BCUT2D eigenvalue weighted by molar-refractivity contribution is -0.136. The van der Waals surface area contributed by atoms with Crippen molar-refractivity contribution in [2.24, 2.45) is 0 Å². The Labute approximate surface area is 158 Å². The van der Waals surface area contributed by atoms with Gasteiger partial charge in [0, 0.05) is 13.1 Å². The van der Waals surface area contributed by atoms with Crippen LogP contribution in [0, 0.1) is 0 Å². The summed E-state index contributed by atoms with van der Waals surface area (Å²) < 4.78 is 42.1. The van der Waals surface area contributed by atoms with Gasteiger partial charge >= 0.3 is 6.18 Å². The highest BCUT2D eigenvalue weighted by atomic mass is 32.1. The molecule has 0 radical (unpaired) electrons. The number of carbonyl (C=O) groups is 1. The molecular weight excluding hydrogens is 379 g/mol. The summed E-state index contributed by atoms with van der Waals surface area (Å²) in [6.07, 6.45) is 0.346. The molecule has 0 unspecified atom stereocenters. The molecule has 2 N–H and O–H groups in total. The first-order valence-electron chi connectivity index (χ1n) is 8.71. The Kier molecular flexibility index (Phi) is 5.59. The van der Waals surface area contributed by atoms with Gasteiger partial charge in [0.15, 0.2) is 0 Å². The highest BCUT2D eigenvalue weighted by Gasteiger charge is 2.34. The van der Waals surface area contributed by atoms with Gasteiger partial charge in [-0.3, -0.25) is 14.0 Å². The zero-order valence-electron chi connectivity index (χ0n) is 14.7. The van der Waals surface area contributed by atoms with Crippen LogP contribution in [0.4, 0.5) is 23.9 Å². The van der Waals surface area contributed by atoms with E-state index in [0.29, 0.717) is 0 Å². The maximum Gasteiger partial charge on any atom is 0.418 e. The van der Waals surface area contributed by atoms with Crippen LogP contribution in [0.2, 0.25) is 0 Å². The molecule has 1 heterocycles. The van der Waals surface area contributed by atoms with Crippen LogP contribution in [0.1, 0.15) is 48.0 Å². The van der Waals surface area contributed by atoms with E-state index in [0.717, 1.165) is 49.7 Å². The molecule has 1 aliphatic rings. The third kappa shape index (κ3) is 4.18. The zero-order chi connectivity index (χ0) is 19.6. The van der Waals surface area contributed by atoms with E-state index in [1.54, 1.807) is 7.05 Å². The third-order valence-electron chi connectivity index (χ3n) is 4.84. The topological polar surface area (TPSA) is 65.2 Å². The minimum atomic E-state index is -4.55. The number of benzene rings is 1. The van der Waals surface area contributed by atoms with Gasteiger partial charge in [-0.2, -0.15) is 13.2 Å². The first-order valence-corrected chi connectivity index (χ1v) is 9.52. The molecule has 1 fully saturated rings. The van der Waals surface area contributed by atoms with E-state index in [2.05, 4.69) is 9.69 Å². The van der Waals surface area contributed by atoms with Crippen LogP contribution in [0.3, 0.4) is 0 Å². The number of H-pyrrole nitrogens is 1. The van der Waals surface area contributed by atoms with Crippen LogP contribution in [-0.2, 0) is 6.18 Å². The second-order valence-electron chi connectivity index (χ2n) is 6.61. The van der Waals surface area contributed by atoms with Gasteiger partial charge in [-0.25, -0.2) is 0 Å². The molecule has 5 nitrogen and oxygen atoms in total. The third-order valence-corrected chi connectivity index (χ3v) is 5.63. The number of para-hydroxylation sites is 1. The maximum absolute atomic E-state index is 13.2. The summed E-state index contributed by atoms with van der Waals surface area (Å²) in [5.74, 6) is -0.476. The molecule has 0 spiro atoms. The van der Waals surface area contributed by atoms with Crippen molar-refractivity contribution < 1.29 is 18.0 Å². The van der Waals surface area contributed by atoms with Crippen LogP contribution in [0.15, 0.2) is 29.1 Å². The zero-order valence-corrected chi connectivity index (χ0v) is 15.5. The first-order chi connectivity index (χ1) is 12.8. The standard InChI is InChI=1S/C18H20F3N3O2S/c1-24(11-7-3-2-4-8-11)17(26)14-15(25)23-27-16(14)22-13-10-6-5-9-12(13)18(19,20)21/h5-6,9-11,22H,2-4,7-8H2,1H3,(H,23,25). The van der Waals surface area contributed by atoms with Gasteiger partial charge in [0.1, 0.15) is 10.6 Å². The summed E-state index contributed by atoms with van der Waals surface area (Å²) in [5.41, 5.74) is -1.80. The molecule has 0 aliphatic heterocycles. The Morgan fingerprint density at radius 3 is 2.56 bits per heavy atom. The van der Waals surface area contributed by atoms with E-state index in [4.69, 9.17) is 0 Å². The lowest BCUT2D eigenvalue weighted by atomic mass is 9.94. The van der Waals surface area contributed by atoms with E-state index >= 15 is 0 Å². The van der Waals surface area contributed by atoms with Crippen LogP contribution >= 0.6 is 11.5 Å². The number of amides is 1. The highest BCUT2D eigenvalue weighted by Crippen LogP contribution is 2.37. The van der Waals surface area contributed by atoms with E-state index in [9.17, 15) is 22.8 Å². The Morgan fingerprint density at radius 2 is 1.89 bits per heavy atom. The van der Waals surface area contributed by atoms with Gasteiger partial charge in [0.2, 0.25) is 0 Å². The molecule has 1 aromatic heterocycles. The Morgan fingerprint density at radius 1 is 1.22 bits per heavy atom. The summed E-state index contributed by atoms with van der Waals surface area (Å²) in [4.78, 5) is 26.6. The predicted octanol–water partition coefficient (Wildman–Crippen LogP) is 4.60. The minimum absolute atomic E-state index is 0.0425. The Hall–Kier alpha value is -2.29. The van der Waals surface area contributed by atoms with Crippen LogP contribution in [0.5, 0.6) is 0 Å². The molecule has 146 valence electrons. The van der Waals surface area contributed by atoms with Gasteiger partial charge in [-0.05, 0) is 36.5 Å². The summed E-state index contributed by atoms with van der Waals surface area (Å²) in [6, 6.07) is 5.01. The molecule has 3 rings (SSSR count). The van der Waals surface area contributed by atoms with Crippen molar-refractivity contribution in [2.45, 2.75) is 44.3 Å². The lowest BCUT2D eigenvalue weighted by Gasteiger charge is -2.31. The van der Waals surface area contributed by atoms with E-state index < -0.39 is 23.2 Å². The van der Waals surface area contributed by atoms with Crippen molar-refractivity contribution in [3.8, 4) is 0 Å². The Bertz CT molecular complexity index is 869. The van der Waals surface area contributed by atoms with Crippen molar-refractivity contribution in [3.63, 3.8) is 0 Å². The molecule has 0 bridgehead atoms. The maximum atomic E-state index is 13.2. The molecule has 0 atom stereocenters. The van der Waals surface area contributed by atoms with Gasteiger partial charge in [-0.15, -0.1) is 0 Å². The van der Waals surface area contributed by atoms with E-state index in [1.165, 1.54) is 23.1 Å². The van der Waals surface area contributed by atoms with Gasteiger partial charge in [0.25, 0.3) is 11.5 Å². The molecular formula is C18H20F3N3O2S. The molecule has 1 aromatic carbocycles. The number of anilines is 2. The number of nitrogens with one attached hydrogen (secondary N) is 2. The van der Waals surface area contributed by atoms with Crippen molar-refractivity contribution in [1.29, 1.82) is 0 Å². The number of nitrogens with zero attached hydrogens (tertiary/aromatic N) is 1. The smallest absolute Gasteiger partial charge is 0.345 e. The van der Waals surface area contributed by atoms with E-state index in [-0.39, 0.29) is 22.3 Å². The quantitative estimate of drug-likeness (QED) is 0.790. The van der Waals surface area contributed by atoms with Crippen LogP contribution in [-0.4, -0.2) is 28.3 Å². The van der Waals surface area contributed by atoms with E-state index in [1.807, 2.05) is 0 Å². The second-order valence-corrected chi connectivity index (χ2v) is 7.43. The number of aromatic nitrogens is 1. The lowest BCUT2D eigenvalue weighted by Crippen LogP contribution is -2.40. The molecule has 0 saturated heterocycles. The summed E-state index contributed by atoms with van der Waals surface area (Å²) in [6.45, 7) is 0. The Balaban J connectivity index is 1.90. The second kappa shape index (κ2) is 7.75. The number of carbonyl (C=O) groups excluding carboxylic acids is 1. The number of halogens is 3. The van der Waals surface area contributed by atoms with Crippen molar-refractivity contribution >= 4 is 28.1 Å². The normalized spacial score (nSPS) is 15.6. The van der Waals surface area contributed by atoms with Gasteiger partial charge in [-0.1, -0.05) is 31.4 Å². The number of hydrogen-bond acceptors (Lipinski definition) is 4. The number of alkyl halides is 3. The number of aromatic amines is 1. The monoisotopic (exact) mass is 399 g/mol. The predicted molar refractivity (Wildman–Crippen MR) is 98.6 cm³/mol. The molecule has 27 heavy (non-hydrogen) atoms. The summed E-state index contributed by atoms with van der Waals surface area (Å²) >= 11 is 0.819. The largest absolute Gasteiger partial charge is 0.418 e. The molecule has 1 aliphatic carbocycles. The fourth-order valence-corrected chi connectivity index (χ4v) is 4.10. The highest BCUT2D eigenvalue weighted by molar-refractivity contribution is 7.10. The van der Waals surface area contributed by atoms with Gasteiger partial charge in [0.05, 0.1) is 11.3 Å². The fourth-order valence-electron chi connectivity index (χ4n) is 3.36. The van der Waals surface area contributed by atoms with Crippen molar-refractivity contribution in [3.05, 3.63) is 45.7 Å². The van der Waals surface area contributed by atoms with Gasteiger partial charge < -0.3 is 10.2 Å². The molecule has 1 amide bonds. The average Bonchev–Trinajstić information content (AvgIpc) is 3.01. The summed E-state index contributed by atoms with van der Waals surface area (Å²) in [7, 11) is 1.64. The average molecular weight is 399 g/mol. The van der Waals surface area contributed by atoms with Crippen LogP contribution < -0.4 is 10.9 Å². The number of hydrogen-bond donors (Lipinski definition) is 2. The molecule has 9 heteroatoms. The first kappa shape index (κ1) is 19.5. The van der Waals surface area contributed by atoms with Crippen LogP contribution in [0.25, 0.3) is 0 Å². The molecule has 1 saturated carbocycles. The summed E-state index contributed by atoms with van der Waals surface area (Å²) in [5, 5.41) is 2.71. The molecule has 2 aromatic rings.